The van der Waals surface area contributed by atoms with E-state index in [1.165, 1.54) is 0 Å². The van der Waals surface area contributed by atoms with Crippen LogP contribution >= 0.6 is 18.2 Å². The van der Waals surface area contributed by atoms with Crippen LogP contribution in [-0.2, 0) is 13.8 Å². The minimum Gasteiger partial charge on any atom is -0.382 e. The van der Waals surface area contributed by atoms with Crippen molar-refractivity contribution in [3.05, 3.63) is 0 Å². The van der Waals surface area contributed by atoms with Crippen LogP contribution in [0, 0.1) is 0 Å². The normalized spacial score (nSPS) is 30.2. The molecule has 2 radical (unpaired) electrons. The van der Waals surface area contributed by atoms with Crippen molar-refractivity contribution in [3.8, 4) is 0 Å². The Morgan fingerprint density at radius 1 is 1.56 bits per heavy atom. The average molecular weight is 264 g/mol. The van der Waals surface area contributed by atoms with Gasteiger partial charge in [0.15, 0.2) is 0 Å². The first-order valence-electron chi connectivity index (χ1n) is 5.27. The van der Waals surface area contributed by atoms with E-state index in [-0.39, 0.29) is 23.5 Å². The van der Waals surface area contributed by atoms with Gasteiger partial charge in [-0.3, -0.25) is 4.52 Å². The van der Waals surface area contributed by atoms with Gasteiger partial charge in [0.1, 0.15) is 7.85 Å². The number of hydrogen-bond donors (Lipinski definition) is 1. The second kappa shape index (κ2) is 5.45. The van der Waals surface area contributed by atoms with Gasteiger partial charge in [-0.25, -0.2) is 4.57 Å². The highest BCUT2D eigenvalue weighted by atomic mass is 32.7. The van der Waals surface area contributed by atoms with E-state index in [2.05, 4.69) is 0 Å². The van der Waals surface area contributed by atoms with Crippen molar-refractivity contribution in [2.24, 2.45) is 0 Å². The first-order chi connectivity index (χ1) is 7.18. The maximum absolute atomic E-state index is 11.7. The van der Waals surface area contributed by atoms with E-state index in [0.717, 1.165) is 24.2 Å². The molecule has 1 heterocycles. The Balaban J connectivity index is 2.33. The van der Waals surface area contributed by atoms with E-state index in [9.17, 15) is 9.46 Å². The van der Waals surface area contributed by atoms with Crippen LogP contribution in [0.4, 0.5) is 0 Å². The number of rotatable bonds is 4. The molecule has 92 valence electrons. The monoisotopic (exact) mass is 264 g/mol. The van der Waals surface area contributed by atoms with E-state index in [4.69, 9.17) is 17.1 Å². The van der Waals surface area contributed by atoms with Gasteiger partial charge in [0.2, 0.25) is 0 Å². The summed E-state index contributed by atoms with van der Waals surface area (Å²) < 4.78 is 21.7. The molecule has 1 saturated heterocycles. The SMILES string of the molecule is [B][C@H]1CC[C@@H](COP(=O)(O)SC(C)(C)C)O1. The predicted octanol–water partition coefficient (Wildman–Crippen LogP) is 2.31. The Morgan fingerprint density at radius 2 is 2.19 bits per heavy atom. The Kier molecular flexibility index (Phi) is 4.96. The minimum absolute atomic E-state index is 0.130. The molecule has 1 unspecified atom stereocenters. The number of hydrogen-bond acceptors (Lipinski definition) is 4. The molecule has 1 rings (SSSR count). The Labute approximate surface area is 102 Å². The molecule has 3 atom stereocenters. The van der Waals surface area contributed by atoms with Crippen molar-refractivity contribution in [1.29, 1.82) is 0 Å². The molecule has 0 amide bonds. The second-order valence-corrected chi connectivity index (χ2v) is 9.38. The van der Waals surface area contributed by atoms with Gasteiger partial charge in [-0.2, -0.15) is 0 Å². The predicted molar refractivity (Wildman–Crippen MR) is 66.8 cm³/mol. The zero-order valence-electron chi connectivity index (χ0n) is 9.88. The molecule has 0 aliphatic carbocycles. The Morgan fingerprint density at radius 3 is 2.62 bits per heavy atom. The lowest BCUT2D eigenvalue weighted by molar-refractivity contribution is 0.0493. The number of ether oxygens (including phenoxy) is 1. The zero-order chi connectivity index (χ0) is 12.4. The summed E-state index contributed by atoms with van der Waals surface area (Å²) in [5.74, 6) is 0. The summed E-state index contributed by atoms with van der Waals surface area (Å²) in [6, 6.07) is -0.262. The van der Waals surface area contributed by atoms with Crippen LogP contribution in [-0.4, -0.2) is 36.2 Å². The summed E-state index contributed by atoms with van der Waals surface area (Å²) in [6.45, 7) is 2.14. The van der Waals surface area contributed by atoms with Crippen molar-refractivity contribution >= 4 is 26.0 Å². The van der Waals surface area contributed by atoms with Crippen molar-refractivity contribution in [3.63, 3.8) is 0 Å². The summed E-state index contributed by atoms with van der Waals surface area (Å²) in [5.41, 5.74) is 0. The molecule has 1 aliphatic rings. The summed E-state index contributed by atoms with van der Waals surface area (Å²) in [7, 11) is 5.55. The van der Waals surface area contributed by atoms with E-state index in [0.29, 0.717) is 0 Å². The van der Waals surface area contributed by atoms with Crippen LogP contribution in [0.15, 0.2) is 0 Å². The van der Waals surface area contributed by atoms with Crippen LogP contribution < -0.4 is 0 Å². The molecule has 0 bridgehead atoms. The Hall–Kier alpha value is 0.525. The third-order valence-corrected chi connectivity index (χ3v) is 5.86. The van der Waals surface area contributed by atoms with E-state index in [1.807, 2.05) is 20.8 Å². The molecule has 4 nitrogen and oxygen atoms in total. The molecule has 0 spiro atoms. The maximum Gasteiger partial charge on any atom is 0.387 e. The quantitative estimate of drug-likeness (QED) is 0.623. The molecular formula is C9H18BO4PS. The van der Waals surface area contributed by atoms with Crippen LogP contribution in [0.1, 0.15) is 33.6 Å². The molecule has 1 N–H and O–H groups in total. The first-order valence-corrected chi connectivity index (χ1v) is 8.27. The van der Waals surface area contributed by atoms with E-state index < -0.39 is 6.80 Å². The molecule has 0 saturated carbocycles. The fourth-order valence-corrected chi connectivity index (χ4v) is 4.92. The van der Waals surface area contributed by atoms with Gasteiger partial charge >= 0.3 is 6.80 Å². The van der Waals surface area contributed by atoms with Gasteiger partial charge in [-0.15, -0.1) is 0 Å². The van der Waals surface area contributed by atoms with Crippen LogP contribution in [0.3, 0.4) is 0 Å². The highest BCUT2D eigenvalue weighted by Gasteiger charge is 2.31. The van der Waals surface area contributed by atoms with Crippen molar-refractivity contribution in [2.45, 2.75) is 50.5 Å². The van der Waals surface area contributed by atoms with Crippen LogP contribution in [0.2, 0.25) is 0 Å². The van der Waals surface area contributed by atoms with Crippen molar-refractivity contribution in [1.82, 2.24) is 0 Å². The molecule has 0 aromatic carbocycles. The summed E-state index contributed by atoms with van der Waals surface area (Å²) in [6.07, 6.45) is 1.40. The minimum atomic E-state index is -3.59. The Bertz CT molecular complexity index is 281. The highest BCUT2D eigenvalue weighted by Crippen LogP contribution is 2.60. The third kappa shape index (κ3) is 5.73. The summed E-state index contributed by atoms with van der Waals surface area (Å²) >= 11 is 0.945. The van der Waals surface area contributed by atoms with Gasteiger partial charge in [0, 0.05) is 10.8 Å². The maximum atomic E-state index is 11.7. The van der Waals surface area contributed by atoms with Gasteiger partial charge in [0.25, 0.3) is 0 Å². The molecule has 1 aliphatic heterocycles. The van der Waals surface area contributed by atoms with Gasteiger partial charge in [-0.05, 0) is 24.2 Å². The lowest BCUT2D eigenvalue weighted by Crippen LogP contribution is -2.16. The molecule has 7 heteroatoms. The second-order valence-electron chi connectivity index (χ2n) is 4.84. The standard InChI is InChI=1S/C9H18BO4PS/c1-9(2,3)16-15(11,12)13-6-7-4-5-8(10)14-7/h7-8H,4-6H2,1-3H3,(H,11,12)/t7-,8+/m0/s1. The van der Waals surface area contributed by atoms with Gasteiger partial charge in [-0.1, -0.05) is 20.8 Å². The van der Waals surface area contributed by atoms with Crippen molar-refractivity contribution < 1.29 is 18.7 Å². The van der Waals surface area contributed by atoms with Crippen molar-refractivity contribution in [2.75, 3.05) is 6.61 Å². The van der Waals surface area contributed by atoms with Gasteiger partial charge < -0.3 is 9.63 Å². The summed E-state index contributed by atoms with van der Waals surface area (Å²) in [5, 5.41) is 0. The van der Waals surface area contributed by atoms with Crippen LogP contribution in [0.25, 0.3) is 0 Å². The third-order valence-electron chi connectivity index (χ3n) is 1.95. The van der Waals surface area contributed by atoms with E-state index in [1.54, 1.807) is 0 Å². The topological polar surface area (TPSA) is 55.8 Å². The highest BCUT2D eigenvalue weighted by molar-refractivity contribution is 8.55. The first kappa shape index (κ1) is 14.6. The fourth-order valence-electron chi connectivity index (χ4n) is 1.41. The summed E-state index contributed by atoms with van der Waals surface area (Å²) in [4.78, 5) is 9.59. The van der Waals surface area contributed by atoms with Gasteiger partial charge in [0.05, 0.1) is 12.7 Å². The smallest absolute Gasteiger partial charge is 0.382 e. The molecule has 16 heavy (non-hydrogen) atoms. The average Bonchev–Trinajstić information content (AvgIpc) is 2.44. The molecule has 0 aromatic heterocycles. The molecule has 0 aromatic rings. The van der Waals surface area contributed by atoms with Crippen LogP contribution in [0.5, 0.6) is 0 Å². The lowest BCUT2D eigenvalue weighted by Gasteiger charge is -2.22. The molecule has 1 fully saturated rings. The zero-order valence-corrected chi connectivity index (χ0v) is 11.6. The largest absolute Gasteiger partial charge is 0.387 e. The lowest BCUT2D eigenvalue weighted by atomic mass is 9.97. The van der Waals surface area contributed by atoms with E-state index >= 15 is 0 Å². The molecular weight excluding hydrogens is 246 g/mol. The fraction of sp³-hybridized carbons (Fsp3) is 1.00.